The minimum atomic E-state index is -0.894. The van der Waals surface area contributed by atoms with E-state index in [4.69, 9.17) is 4.74 Å². The topological polar surface area (TPSA) is 81.5 Å². The van der Waals surface area contributed by atoms with Gasteiger partial charge in [0.15, 0.2) is 0 Å². The van der Waals surface area contributed by atoms with E-state index in [0.717, 1.165) is 41.8 Å². The first-order valence-corrected chi connectivity index (χ1v) is 9.69. The van der Waals surface area contributed by atoms with Crippen molar-refractivity contribution < 1.29 is 19.1 Å². The van der Waals surface area contributed by atoms with Gasteiger partial charge in [-0.1, -0.05) is 25.0 Å². The van der Waals surface area contributed by atoms with Gasteiger partial charge in [-0.05, 0) is 43.5 Å². The highest BCUT2D eigenvalue weighted by Crippen LogP contribution is 2.38. The first-order chi connectivity index (χ1) is 13.6. The van der Waals surface area contributed by atoms with Crippen LogP contribution >= 0.6 is 0 Å². The zero-order chi connectivity index (χ0) is 19.7. The van der Waals surface area contributed by atoms with Gasteiger partial charge in [-0.25, -0.2) is 9.48 Å². The fourth-order valence-corrected chi connectivity index (χ4v) is 4.12. The average Bonchev–Trinajstić information content (AvgIpc) is 3.34. The zero-order valence-corrected chi connectivity index (χ0v) is 15.8. The van der Waals surface area contributed by atoms with E-state index in [0.29, 0.717) is 0 Å². The maximum atomic E-state index is 12.6. The zero-order valence-electron chi connectivity index (χ0n) is 15.8. The number of ether oxygens (including phenoxy) is 1. The number of hydrogen-bond donors (Lipinski definition) is 0. The maximum absolute atomic E-state index is 12.6. The van der Waals surface area contributed by atoms with E-state index in [1.165, 1.54) is 0 Å². The van der Waals surface area contributed by atoms with Crippen molar-refractivity contribution in [3.8, 4) is 5.69 Å². The largest absolute Gasteiger partial charge is 0.459 e. The summed E-state index contributed by atoms with van der Waals surface area (Å²) in [5.41, 5.74) is 1.73. The number of nitrogens with zero attached hydrogens (tertiary/aromatic N) is 3. The van der Waals surface area contributed by atoms with Crippen LogP contribution in [-0.4, -0.2) is 38.5 Å². The van der Waals surface area contributed by atoms with Crippen LogP contribution in [0.2, 0.25) is 0 Å². The third-order valence-electron chi connectivity index (χ3n) is 5.69. The molecule has 2 heterocycles. The summed E-state index contributed by atoms with van der Waals surface area (Å²) in [6.07, 6.45) is 6.93. The molecular formula is C21H23N3O4. The molecular weight excluding hydrogens is 358 g/mol. The quantitative estimate of drug-likeness (QED) is 0.587. The monoisotopic (exact) mass is 381 g/mol. The fraction of sp³-hybridized carbons (Fsp3) is 0.429. The van der Waals surface area contributed by atoms with Gasteiger partial charge in [0, 0.05) is 12.4 Å². The summed E-state index contributed by atoms with van der Waals surface area (Å²) in [5.74, 6) is -1.51. The number of fused-ring (bicyclic) bond motifs is 1. The van der Waals surface area contributed by atoms with Crippen LogP contribution in [0.15, 0.2) is 42.7 Å². The lowest BCUT2D eigenvalue weighted by Crippen LogP contribution is -2.44. The predicted molar refractivity (Wildman–Crippen MR) is 100 cm³/mol. The molecule has 0 radical (unpaired) electrons. The number of amides is 2. The summed E-state index contributed by atoms with van der Waals surface area (Å²) in [4.78, 5) is 38.8. The van der Waals surface area contributed by atoms with Crippen LogP contribution in [0, 0.1) is 11.8 Å². The molecule has 3 atom stereocenters. The van der Waals surface area contributed by atoms with Crippen molar-refractivity contribution in [2.24, 2.45) is 11.8 Å². The fourth-order valence-electron chi connectivity index (χ4n) is 4.12. The van der Waals surface area contributed by atoms with Crippen LogP contribution in [0.1, 0.15) is 38.2 Å². The van der Waals surface area contributed by atoms with Crippen molar-refractivity contribution >= 4 is 17.8 Å². The molecule has 2 amide bonds. The Morgan fingerprint density at radius 1 is 1.14 bits per heavy atom. The van der Waals surface area contributed by atoms with Crippen LogP contribution in [-0.2, 0) is 25.7 Å². The number of likely N-dealkylation sites (tertiary alicyclic amines) is 1. The molecule has 1 saturated carbocycles. The highest BCUT2D eigenvalue weighted by atomic mass is 16.5. The number of aromatic nitrogens is 2. The molecule has 4 rings (SSSR count). The van der Waals surface area contributed by atoms with Gasteiger partial charge in [0.05, 0.1) is 17.5 Å². The van der Waals surface area contributed by atoms with Gasteiger partial charge in [0.2, 0.25) is 11.8 Å². The lowest BCUT2D eigenvalue weighted by molar-refractivity contribution is -0.159. The number of rotatable bonds is 5. The summed E-state index contributed by atoms with van der Waals surface area (Å²) < 4.78 is 7.11. The van der Waals surface area contributed by atoms with Crippen LogP contribution in [0.25, 0.3) is 5.69 Å². The second-order valence-electron chi connectivity index (χ2n) is 7.44. The normalized spacial score (nSPS) is 22.8. The number of benzene rings is 1. The first-order valence-electron chi connectivity index (χ1n) is 9.69. The van der Waals surface area contributed by atoms with Crippen molar-refractivity contribution in [1.82, 2.24) is 14.7 Å². The van der Waals surface area contributed by atoms with E-state index in [1.54, 1.807) is 17.8 Å². The van der Waals surface area contributed by atoms with Crippen molar-refractivity contribution in [1.29, 1.82) is 0 Å². The average molecular weight is 381 g/mol. The number of imide groups is 1. The summed E-state index contributed by atoms with van der Waals surface area (Å²) >= 11 is 0. The van der Waals surface area contributed by atoms with Gasteiger partial charge in [-0.2, -0.15) is 5.10 Å². The molecule has 0 N–H and O–H groups in total. The molecule has 2 fully saturated rings. The van der Waals surface area contributed by atoms with Gasteiger partial charge >= 0.3 is 5.97 Å². The Morgan fingerprint density at radius 3 is 2.36 bits per heavy atom. The van der Waals surface area contributed by atoms with Crippen LogP contribution in [0.5, 0.6) is 0 Å². The van der Waals surface area contributed by atoms with Gasteiger partial charge in [-0.3, -0.25) is 14.5 Å². The summed E-state index contributed by atoms with van der Waals surface area (Å²) in [6, 6.07) is 8.43. The molecule has 2 aliphatic rings. The van der Waals surface area contributed by atoms with Crippen molar-refractivity contribution in [2.75, 3.05) is 0 Å². The molecule has 1 saturated heterocycles. The second kappa shape index (κ2) is 7.58. The maximum Gasteiger partial charge on any atom is 0.329 e. The number of carbonyl (C=O) groups is 3. The standard InChI is InChI=1S/C21H23N3O4/c1-14(24-19(25)17-5-2-3-6-18(17)20(24)26)21(27)28-13-15-7-9-16(10-8-15)23-12-4-11-22-23/h4,7-12,14,17-18H,2-3,5-6,13H2,1H3/t14-,17?,18?/m0/s1. The minimum absolute atomic E-state index is 0.0889. The van der Waals surface area contributed by atoms with Gasteiger partial charge in [-0.15, -0.1) is 0 Å². The molecule has 28 heavy (non-hydrogen) atoms. The third kappa shape index (κ3) is 3.32. The molecule has 1 aromatic carbocycles. The van der Waals surface area contributed by atoms with E-state index in [1.807, 2.05) is 36.5 Å². The lowest BCUT2D eigenvalue weighted by Gasteiger charge is -2.21. The molecule has 0 bridgehead atoms. The van der Waals surface area contributed by atoms with Crippen LogP contribution < -0.4 is 0 Å². The number of carbonyl (C=O) groups excluding carboxylic acids is 3. The smallest absolute Gasteiger partial charge is 0.329 e. The Balaban J connectivity index is 1.37. The van der Waals surface area contributed by atoms with E-state index in [2.05, 4.69) is 5.10 Å². The van der Waals surface area contributed by atoms with Crippen molar-refractivity contribution in [3.63, 3.8) is 0 Å². The second-order valence-corrected chi connectivity index (χ2v) is 7.44. The molecule has 146 valence electrons. The minimum Gasteiger partial charge on any atom is -0.459 e. The van der Waals surface area contributed by atoms with E-state index in [9.17, 15) is 14.4 Å². The molecule has 1 aliphatic carbocycles. The van der Waals surface area contributed by atoms with Crippen molar-refractivity contribution in [2.45, 2.75) is 45.3 Å². The molecule has 1 aromatic heterocycles. The molecule has 7 heteroatoms. The molecule has 7 nitrogen and oxygen atoms in total. The summed E-state index contributed by atoms with van der Waals surface area (Å²) in [5, 5.41) is 4.16. The Hall–Kier alpha value is -2.96. The summed E-state index contributed by atoms with van der Waals surface area (Å²) in [7, 11) is 0. The van der Waals surface area contributed by atoms with Crippen LogP contribution in [0.3, 0.4) is 0 Å². The highest BCUT2D eigenvalue weighted by Gasteiger charge is 2.51. The van der Waals surface area contributed by atoms with Crippen LogP contribution in [0.4, 0.5) is 0 Å². The first kappa shape index (κ1) is 18.4. The predicted octanol–water partition coefficient (Wildman–Crippen LogP) is 2.48. The highest BCUT2D eigenvalue weighted by molar-refractivity contribution is 6.07. The summed E-state index contributed by atoms with van der Waals surface area (Å²) in [6.45, 7) is 1.65. The lowest BCUT2D eigenvalue weighted by atomic mass is 9.81. The van der Waals surface area contributed by atoms with Gasteiger partial charge in [0.25, 0.3) is 0 Å². The Bertz CT molecular complexity index is 852. The van der Waals surface area contributed by atoms with Gasteiger partial charge in [0.1, 0.15) is 12.6 Å². The third-order valence-corrected chi connectivity index (χ3v) is 5.69. The number of hydrogen-bond acceptors (Lipinski definition) is 5. The SMILES string of the molecule is C[C@@H](C(=O)OCc1ccc(-n2cccn2)cc1)N1C(=O)C2CCCCC2C1=O. The molecule has 0 spiro atoms. The Labute approximate surface area is 163 Å². The molecule has 2 aromatic rings. The molecule has 1 aliphatic heterocycles. The van der Waals surface area contributed by atoms with E-state index in [-0.39, 0.29) is 30.3 Å². The van der Waals surface area contributed by atoms with E-state index < -0.39 is 12.0 Å². The molecule has 2 unspecified atom stereocenters. The van der Waals surface area contributed by atoms with Gasteiger partial charge < -0.3 is 4.74 Å². The Kier molecular flexibility index (Phi) is 4.98. The number of esters is 1. The van der Waals surface area contributed by atoms with Crippen molar-refractivity contribution in [3.05, 3.63) is 48.3 Å². The Morgan fingerprint density at radius 2 is 1.79 bits per heavy atom. The van der Waals surface area contributed by atoms with E-state index >= 15 is 0 Å².